The Morgan fingerprint density at radius 2 is 0.971 bits per heavy atom. The van der Waals surface area contributed by atoms with E-state index in [1.807, 2.05) is 31.2 Å². The molecule has 0 saturated heterocycles. The zero-order chi connectivity index (χ0) is 24.3. The fraction of sp³-hybridized carbons (Fsp3) is 0.143. The third-order valence-corrected chi connectivity index (χ3v) is 11.4. The van der Waals surface area contributed by atoms with Gasteiger partial charge in [0.05, 0.1) is 16.9 Å². The first-order chi connectivity index (χ1) is 16.2. The van der Waals surface area contributed by atoms with Gasteiger partial charge in [0.1, 0.15) is 25.3 Å². The number of rotatable bonds is 7. The molecule has 0 aliphatic heterocycles. The van der Waals surface area contributed by atoms with Gasteiger partial charge in [0, 0.05) is 0 Å². The Balaban J connectivity index is 1.48. The first-order valence-corrected chi connectivity index (χ1v) is 15.5. The van der Waals surface area contributed by atoms with Crippen LogP contribution in [0.25, 0.3) is 0 Å². The molecule has 0 N–H and O–H groups in total. The van der Waals surface area contributed by atoms with Crippen LogP contribution in [0.3, 0.4) is 0 Å². The minimum absolute atomic E-state index is 0.242. The second kappa shape index (κ2) is 9.48. The van der Waals surface area contributed by atoms with Crippen LogP contribution in [-0.4, -0.2) is 23.6 Å². The predicted molar refractivity (Wildman–Crippen MR) is 139 cm³/mol. The largest absolute Gasteiger partial charge is 0.497 e. The van der Waals surface area contributed by atoms with Crippen LogP contribution in [0.4, 0.5) is 0 Å². The fourth-order valence-corrected chi connectivity index (χ4v) is 7.38. The van der Waals surface area contributed by atoms with Crippen LogP contribution in [0.5, 0.6) is 17.2 Å². The molecule has 0 spiro atoms. The number of sulfone groups is 1. The van der Waals surface area contributed by atoms with Crippen LogP contribution in [0, 0.1) is 6.92 Å². The van der Waals surface area contributed by atoms with E-state index in [0.29, 0.717) is 11.5 Å². The highest BCUT2D eigenvalue weighted by atomic mass is 32.2. The molecule has 0 radical (unpaired) electrons. The summed E-state index contributed by atoms with van der Waals surface area (Å²) >= 11 is 0. The lowest BCUT2D eigenvalue weighted by Crippen LogP contribution is -2.52. The van der Waals surface area contributed by atoms with Crippen molar-refractivity contribution in [2.45, 2.75) is 29.8 Å². The van der Waals surface area contributed by atoms with E-state index in [1.54, 1.807) is 55.6 Å². The van der Waals surface area contributed by atoms with Crippen molar-refractivity contribution in [2.24, 2.45) is 0 Å². The van der Waals surface area contributed by atoms with Gasteiger partial charge in [-0.1, -0.05) is 65.4 Å². The van der Waals surface area contributed by atoms with Gasteiger partial charge in [0.15, 0.2) is 0 Å². The third kappa shape index (κ3) is 4.93. The van der Waals surface area contributed by atoms with Gasteiger partial charge in [-0.15, -0.1) is 0 Å². The molecule has 4 nitrogen and oxygen atoms in total. The summed E-state index contributed by atoms with van der Waals surface area (Å²) in [6, 6.07) is 29.8. The Labute approximate surface area is 202 Å². The van der Waals surface area contributed by atoms with Gasteiger partial charge in [0.2, 0.25) is 9.84 Å². The number of hydrogen-bond acceptors (Lipinski definition) is 4. The van der Waals surface area contributed by atoms with Crippen molar-refractivity contribution in [2.75, 3.05) is 7.11 Å². The highest BCUT2D eigenvalue weighted by Gasteiger charge is 2.26. The van der Waals surface area contributed by atoms with Gasteiger partial charge in [-0.3, -0.25) is 0 Å². The molecule has 6 heteroatoms. The van der Waals surface area contributed by atoms with Gasteiger partial charge in [-0.25, -0.2) is 8.42 Å². The molecule has 4 rings (SSSR count). The molecule has 0 bridgehead atoms. The van der Waals surface area contributed by atoms with Crippen LogP contribution in [0.1, 0.15) is 5.56 Å². The molecule has 34 heavy (non-hydrogen) atoms. The van der Waals surface area contributed by atoms with E-state index in [9.17, 15) is 8.42 Å². The summed E-state index contributed by atoms with van der Waals surface area (Å²) in [6.07, 6.45) is 0. The quantitative estimate of drug-likeness (QED) is 0.325. The van der Waals surface area contributed by atoms with Gasteiger partial charge < -0.3 is 9.47 Å². The molecular weight excluding hydrogens is 460 g/mol. The Morgan fingerprint density at radius 1 is 0.588 bits per heavy atom. The van der Waals surface area contributed by atoms with E-state index < -0.39 is 17.9 Å². The standard InChI is InChI=1S/C28H28O4SSi/c1-21-5-13-25(14-6-21)33(29,30)26-15-7-23(8-16-26)32-24-11-19-28(20-12-24)34(3,4)27-17-9-22(31-2)10-18-27/h5-20H,1-4H3. The normalized spacial score (nSPS) is 11.8. The van der Waals surface area contributed by atoms with E-state index in [-0.39, 0.29) is 9.79 Å². The van der Waals surface area contributed by atoms with Crippen molar-refractivity contribution in [3.63, 3.8) is 0 Å². The average molecular weight is 489 g/mol. The molecule has 0 fully saturated rings. The molecular formula is C28H28O4SSi. The lowest BCUT2D eigenvalue weighted by atomic mass is 10.2. The second-order valence-corrected chi connectivity index (χ2v) is 15.1. The van der Waals surface area contributed by atoms with Crippen molar-refractivity contribution < 1.29 is 17.9 Å². The smallest absolute Gasteiger partial charge is 0.206 e. The minimum atomic E-state index is -3.56. The SMILES string of the molecule is COc1ccc([Si](C)(C)c2ccc(Oc3ccc(S(=O)(=O)c4ccc(C)cc4)cc3)cc2)cc1. The highest BCUT2D eigenvalue weighted by Crippen LogP contribution is 2.26. The van der Waals surface area contributed by atoms with Crippen LogP contribution in [-0.2, 0) is 9.84 Å². The molecule has 0 aliphatic rings. The second-order valence-electron chi connectivity index (χ2n) is 8.77. The first-order valence-electron chi connectivity index (χ1n) is 11.0. The maximum absolute atomic E-state index is 12.9. The molecule has 4 aromatic rings. The highest BCUT2D eigenvalue weighted by molar-refractivity contribution is 7.91. The molecule has 4 aromatic carbocycles. The fourth-order valence-electron chi connectivity index (χ4n) is 3.79. The summed E-state index contributed by atoms with van der Waals surface area (Å²) in [6.45, 7) is 6.56. The van der Waals surface area contributed by atoms with Gasteiger partial charge in [-0.2, -0.15) is 0 Å². The van der Waals surface area contributed by atoms with Crippen molar-refractivity contribution in [3.05, 3.63) is 103 Å². The molecule has 0 saturated carbocycles. The third-order valence-electron chi connectivity index (χ3n) is 6.09. The minimum Gasteiger partial charge on any atom is -0.497 e. The lowest BCUT2D eigenvalue weighted by Gasteiger charge is -2.24. The monoisotopic (exact) mass is 488 g/mol. The summed E-state index contributed by atoms with van der Waals surface area (Å²) in [5, 5.41) is 2.62. The molecule has 0 atom stereocenters. The first kappa shape index (κ1) is 23.8. The summed E-state index contributed by atoms with van der Waals surface area (Å²) < 4.78 is 37.0. The molecule has 0 amide bonds. The molecule has 174 valence electrons. The van der Waals surface area contributed by atoms with Crippen LogP contribution < -0.4 is 19.8 Å². The van der Waals surface area contributed by atoms with Crippen LogP contribution in [0.2, 0.25) is 13.1 Å². The van der Waals surface area contributed by atoms with Gasteiger partial charge in [-0.05, 0) is 67.6 Å². The maximum atomic E-state index is 12.9. The van der Waals surface area contributed by atoms with Crippen molar-refractivity contribution in [1.29, 1.82) is 0 Å². The molecule has 0 aromatic heterocycles. The van der Waals surface area contributed by atoms with Crippen molar-refractivity contribution in [1.82, 2.24) is 0 Å². The Hall–Kier alpha value is -3.35. The van der Waals surface area contributed by atoms with E-state index in [4.69, 9.17) is 9.47 Å². The summed E-state index contributed by atoms with van der Waals surface area (Å²) in [5.41, 5.74) is 1.02. The van der Waals surface area contributed by atoms with Gasteiger partial charge in [0.25, 0.3) is 0 Å². The van der Waals surface area contributed by atoms with Crippen molar-refractivity contribution >= 4 is 28.3 Å². The Morgan fingerprint density at radius 3 is 1.41 bits per heavy atom. The molecule has 0 unspecified atom stereocenters. The lowest BCUT2D eigenvalue weighted by molar-refractivity contribution is 0.415. The zero-order valence-corrected chi connectivity index (χ0v) is 21.6. The van der Waals surface area contributed by atoms with E-state index in [1.165, 1.54) is 10.4 Å². The number of ether oxygens (including phenoxy) is 2. The molecule has 0 heterocycles. The maximum Gasteiger partial charge on any atom is 0.206 e. The average Bonchev–Trinajstić information content (AvgIpc) is 2.85. The topological polar surface area (TPSA) is 52.6 Å². The zero-order valence-electron chi connectivity index (χ0n) is 19.8. The van der Waals surface area contributed by atoms with E-state index >= 15 is 0 Å². The number of hydrogen-bond donors (Lipinski definition) is 0. The summed E-state index contributed by atoms with van der Waals surface area (Å²) in [4.78, 5) is 0.525. The number of aryl methyl sites for hydroxylation is 1. The van der Waals surface area contributed by atoms with Crippen LogP contribution in [0.15, 0.2) is 107 Å². The van der Waals surface area contributed by atoms with E-state index in [2.05, 4.69) is 37.4 Å². The van der Waals surface area contributed by atoms with Gasteiger partial charge >= 0.3 is 0 Å². The Bertz CT molecular complexity index is 1360. The number of benzene rings is 4. The molecule has 0 aliphatic carbocycles. The van der Waals surface area contributed by atoms with Crippen molar-refractivity contribution in [3.8, 4) is 17.2 Å². The van der Waals surface area contributed by atoms with E-state index in [0.717, 1.165) is 11.3 Å². The summed E-state index contributed by atoms with van der Waals surface area (Å²) in [7, 11) is -3.73. The summed E-state index contributed by atoms with van der Waals surface area (Å²) in [5.74, 6) is 2.15. The predicted octanol–water partition coefficient (Wildman–Crippen LogP) is 5.45. The van der Waals surface area contributed by atoms with Crippen LogP contribution >= 0.6 is 0 Å². The Kier molecular flexibility index (Phi) is 6.64. The number of methoxy groups -OCH3 is 1.